The monoisotopic (exact) mass is 502 g/mol. The first-order chi connectivity index (χ1) is 17.0. The van der Waals surface area contributed by atoms with Gasteiger partial charge in [0.15, 0.2) is 0 Å². The number of thioether (sulfide) groups is 1. The van der Waals surface area contributed by atoms with Crippen LogP contribution in [0.25, 0.3) is 0 Å². The molecular weight excluding hydrogens is 480 g/mol. The van der Waals surface area contributed by atoms with E-state index >= 15 is 0 Å². The molecule has 0 aliphatic carbocycles. The van der Waals surface area contributed by atoms with Crippen molar-refractivity contribution in [3.63, 3.8) is 0 Å². The molecule has 176 valence electrons. The van der Waals surface area contributed by atoms with Crippen molar-refractivity contribution in [2.75, 3.05) is 17.7 Å². The molecule has 0 aromatic heterocycles. The Hall–Kier alpha value is -3.74. The minimum atomic E-state index is -0.468. The molecule has 0 heterocycles. The first kappa shape index (κ1) is 24.4. The number of nitrogens with one attached hydrogen (secondary N) is 2. The first-order valence-electron chi connectivity index (χ1n) is 10.9. The number of benzene rings is 4. The summed E-state index contributed by atoms with van der Waals surface area (Å²) in [4.78, 5) is 26.7. The van der Waals surface area contributed by atoms with Crippen molar-refractivity contribution in [1.82, 2.24) is 0 Å². The van der Waals surface area contributed by atoms with E-state index in [-0.39, 0.29) is 11.8 Å². The third-order valence-electron chi connectivity index (χ3n) is 5.15. The zero-order valence-electron chi connectivity index (χ0n) is 18.9. The molecule has 5 nitrogen and oxygen atoms in total. The molecule has 0 bridgehead atoms. The van der Waals surface area contributed by atoms with E-state index in [0.717, 1.165) is 10.5 Å². The van der Waals surface area contributed by atoms with Gasteiger partial charge in [0.05, 0.1) is 7.11 Å². The van der Waals surface area contributed by atoms with Crippen molar-refractivity contribution in [2.45, 2.75) is 10.1 Å². The average Bonchev–Trinajstić information content (AvgIpc) is 2.90. The van der Waals surface area contributed by atoms with Gasteiger partial charge in [-0.2, -0.15) is 0 Å². The topological polar surface area (TPSA) is 67.4 Å². The summed E-state index contributed by atoms with van der Waals surface area (Å²) in [5, 5.41) is 5.99. The molecule has 0 fully saturated rings. The van der Waals surface area contributed by atoms with Crippen molar-refractivity contribution in [1.29, 1.82) is 0 Å². The molecule has 0 aliphatic heterocycles. The first-order valence-corrected chi connectivity index (χ1v) is 12.1. The van der Waals surface area contributed by atoms with Gasteiger partial charge >= 0.3 is 0 Å². The lowest BCUT2D eigenvalue weighted by molar-refractivity contribution is -0.115. The van der Waals surface area contributed by atoms with Crippen molar-refractivity contribution in [2.24, 2.45) is 0 Å². The Balaban J connectivity index is 1.47. The number of carbonyl (C=O) groups is 2. The van der Waals surface area contributed by atoms with E-state index in [4.69, 9.17) is 16.3 Å². The fourth-order valence-corrected chi connectivity index (χ4v) is 4.51. The van der Waals surface area contributed by atoms with Gasteiger partial charge in [0.2, 0.25) is 5.91 Å². The largest absolute Gasteiger partial charge is 0.497 e. The number of carbonyl (C=O) groups excluding carboxylic acids is 2. The molecule has 4 aromatic carbocycles. The van der Waals surface area contributed by atoms with Crippen LogP contribution in [-0.2, 0) is 4.79 Å². The quantitative estimate of drug-likeness (QED) is 0.253. The van der Waals surface area contributed by atoms with E-state index in [1.165, 1.54) is 11.8 Å². The lowest BCUT2D eigenvalue weighted by atomic mass is 10.1. The molecule has 7 heteroatoms. The zero-order valence-corrected chi connectivity index (χ0v) is 20.5. The maximum atomic E-state index is 13.2. The zero-order chi connectivity index (χ0) is 24.6. The molecule has 1 atom stereocenters. The molecular formula is C28H23ClN2O3S. The van der Waals surface area contributed by atoms with Crippen molar-refractivity contribution in [3.05, 3.63) is 119 Å². The van der Waals surface area contributed by atoms with Crippen LogP contribution in [0.5, 0.6) is 5.75 Å². The van der Waals surface area contributed by atoms with Gasteiger partial charge < -0.3 is 15.4 Å². The second-order valence-electron chi connectivity index (χ2n) is 7.62. The molecule has 2 amide bonds. The predicted octanol–water partition coefficient (Wildman–Crippen LogP) is 7.07. The predicted molar refractivity (Wildman–Crippen MR) is 143 cm³/mol. The Kier molecular flexibility index (Phi) is 8.08. The standard InChI is InChI=1S/C28H23ClN2O3S/c1-34-24-9-5-8-20(18-24)27(32)30-23-14-16-25(17-15-23)35-26(19-6-3-2-4-7-19)28(33)31-22-12-10-21(29)11-13-22/h2-18,26H,1H3,(H,30,32)(H,31,33). The average molecular weight is 503 g/mol. The summed E-state index contributed by atoms with van der Waals surface area (Å²) >= 11 is 7.39. The van der Waals surface area contributed by atoms with E-state index in [2.05, 4.69) is 10.6 Å². The molecule has 1 unspecified atom stereocenters. The molecule has 4 aromatic rings. The van der Waals surface area contributed by atoms with E-state index in [1.54, 1.807) is 55.6 Å². The Morgan fingerprint density at radius 2 is 1.46 bits per heavy atom. The smallest absolute Gasteiger partial charge is 0.255 e. The lowest BCUT2D eigenvalue weighted by Crippen LogP contribution is -2.19. The minimum Gasteiger partial charge on any atom is -0.497 e. The number of halogens is 1. The summed E-state index contributed by atoms with van der Waals surface area (Å²) in [5.74, 6) is 0.251. The third kappa shape index (κ3) is 6.66. The highest BCUT2D eigenvalue weighted by atomic mass is 35.5. The van der Waals surface area contributed by atoms with Gasteiger partial charge in [-0.3, -0.25) is 9.59 Å². The molecule has 35 heavy (non-hydrogen) atoms. The van der Waals surface area contributed by atoms with Crippen LogP contribution in [0.2, 0.25) is 5.02 Å². The maximum absolute atomic E-state index is 13.2. The van der Waals surface area contributed by atoms with E-state index in [9.17, 15) is 9.59 Å². The highest BCUT2D eigenvalue weighted by Crippen LogP contribution is 2.37. The number of methoxy groups -OCH3 is 1. The van der Waals surface area contributed by atoms with Crippen LogP contribution >= 0.6 is 23.4 Å². The normalized spacial score (nSPS) is 11.4. The van der Waals surface area contributed by atoms with E-state index in [1.807, 2.05) is 54.6 Å². The maximum Gasteiger partial charge on any atom is 0.255 e. The Morgan fingerprint density at radius 3 is 2.14 bits per heavy atom. The van der Waals surface area contributed by atoms with Gasteiger partial charge in [0.1, 0.15) is 11.0 Å². The van der Waals surface area contributed by atoms with Crippen LogP contribution in [0.1, 0.15) is 21.2 Å². The van der Waals surface area contributed by atoms with Crippen molar-refractivity contribution in [3.8, 4) is 5.75 Å². The van der Waals surface area contributed by atoms with Gasteiger partial charge in [-0.15, -0.1) is 11.8 Å². The fraction of sp³-hybridized carbons (Fsp3) is 0.0714. The van der Waals surface area contributed by atoms with Crippen molar-refractivity contribution < 1.29 is 14.3 Å². The second kappa shape index (κ2) is 11.6. The third-order valence-corrected chi connectivity index (χ3v) is 6.67. The summed E-state index contributed by atoms with van der Waals surface area (Å²) < 4.78 is 5.19. The SMILES string of the molecule is COc1cccc(C(=O)Nc2ccc(SC(C(=O)Nc3ccc(Cl)cc3)c3ccccc3)cc2)c1. The number of ether oxygens (including phenoxy) is 1. The van der Waals surface area contributed by atoms with Crippen LogP contribution in [0, 0.1) is 0 Å². The van der Waals surface area contributed by atoms with Gasteiger partial charge in [-0.1, -0.05) is 48.0 Å². The van der Waals surface area contributed by atoms with Gasteiger partial charge in [-0.25, -0.2) is 0 Å². The Bertz CT molecular complexity index is 1300. The van der Waals surface area contributed by atoms with E-state index in [0.29, 0.717) is 27.7 Å². The van der Waals surface area contributed by atoms with Crippen LogP contribution in [0.4, 0.5) is 11.4 Å². The molecule has 2 N–H and O–H groups in total. The molecule has 0 aliphatic rings. The van der Waals surface area contributed by atoms with Gasteiger partial charge in [0, 0.05) is 26.9 Å². The Labute approximate surface area is 213 Å². The van der Waals surface area contributed by atoms with Crippen LogP contribution in [0.15, 0.2) is 108 Å². The molecule has 0 saturated carbocycles. The van der Waals surface area contributed by atoms with Crippen molar-refractivity contribution >= 4 is 46.6 Å². The highest BCUT2D eigenvalue weighted by molar-refractivity contribution is 8.00. The molecule has 4 rings (SSSR count). The number of hydrogen-bond acceptors (Lipinski definition) is 4. The summed E-state index contributed by atoms with van der Waals surface area (Å²) in [6.45, 7) is 0. The number of anilines is 2. The van der Waals surface area contributed by atoms with Crippen LogP contribution in [-0.4, -0.2) is 18.9 Å². The van der Waals surface area contributed by atoms with E-state index < -0.39 is 5.25 Å². The summed E-state index contributed by atoms with van der Waals surface area (Å²) in [6, 6.07) is 31.0. The van der Waals surface area contributed by atoms with Crippen LogP contribution in [0.3, 0.4) is 0 Å². The summed E-state index contributed by atoms with van der Waals surface area (Å²) in [6.07, 6.45) is 0. The molecule has 0 spiro atoms. The number of amides is 2. The molecule has 0 radical (unpaired) electrons. The fourth-order valence-electron chi connectivity index (χ4n) is 3.36. The lowest BCUT2D eigenvalue weighted by Gasteiger charge is -2.17. The van der Waals surface area contributed by atoms with Gasteiger partial charge in [-0.05, 0) is 72.3 Å². The number of rotatable bonds is 8. The molecule has 0 saturated heterocycles. The second-order valence-corrected chi connectivity index (χ2v) is 9.23. The summed E-state index contributed by atoms with van der Waals surface area (Å²) in [5.41, 5.74) is 2.73. The summed E-state index contributed by atoms with van der Waals surface area (Å²) in [7, 11) is 1.56. The van der Waals surface area contributed by atoms with Crippen LogP contribution < -0.4 is 15.4 Å². The Morgan fingerprint density at radius 1 is 0.800 bits per heavy atom. The minimum absolute atomic E-state index is 0.140. The number of hydrogen-bond donors (Lipinski definition) is 2. The highest BCUT2D eigenvalue weighted by Gasteiger charge is 2.22. The van der Waals surface area contributed by atoms with Gasteiger partial charge in [0.25, 0.3) is 5.91 Å².